The lowest BCUT2D eigenvalue weighted by Crippen LogP contribution is -2.24. The third-order valence-corrected chi connectivity index (χ3v) is 1.73. The minimum atomic E-state index is -0.587. The zero-order chi connectivity index (χ0) is 12.1. The lowest BCUT2D eigenvalue weighted by atomic mass is 10.2. The molecule has 0 aliphatic carbocycles. The summed E-state index contributed by atoms with van der Waals surface area (Å²) in [6.07, 6.45) is 2.32. The monoisotopic (exact) mass is 225 g/mol. The van der Waals surface area contributed by atoms with Crippen LogP contribution in [-0.4, -0.2) is 26.8 Å². The van der Waals surface area contributed by atoms with Gasteiger partial charge in [0.05, 0.1) is 4.92 Å². The summed E-state index contributed by atoms with van der Waals surface area (Å²) in [5.41, 5.74) is 4.81. The number of carbonyl (C=O) groups is 1. The van der Waals surface area contributed by atoms with Crippen molar-refractivity contribution < 1.29 is 9.72 Å². The summed E-state index contributed by atoms with van der Waals surface area (Å²) in [5.74, 6) is -0.221. The van der Waals surface area contributed by atoms with Crippen molar-refractivity contribution in [2.24, 2.45) is 5.73 Å². The lowest BCUT2D eigenvalue weighted by molar-refractivity contribution is -0.385. The summed E-state index contributed by atoms with van der Waals surface area (Å²) in [4.78, 5) is 27.8. The fourth-order valence-corrected chi connectivity index (χ4v) is 1.06. The maximum atomic E-state index is 10.6. The van der Waals surface area contributed by atoms with E-state index < -0.39 is 10.8 Å². The third-order valence-electron chi connectivity index (χ3n) is 1.73. The SMILES string of the molecule is CC(CC(N)=O)Nc1ncc([N+](=O)[O-])cn1. The Morgan fingerprint density at radius 2 is 2.19 bits per heavy atom. The molecule has 1 heterocycles. The number of anilines is 1. The molecule has 0 bridgehead atoms. The Hall–Kier alpha value is -2.25. The third kappa shape index (κ3) is 3.48. The molecule has 0 fully saturated rings. The number of aromatic nitrogens is 2. The molecule has 86 valence electrons. The number of primary amides is 1. The second-order valence-electron chi connectivity index (χ2n) is 3.24. The van der Waals surface area contributed by atoms with E-state index in [1.165, 1.54) is 0 Å². The summed E-state index contributed by atoms with van der Waals surface area (Å²) in [6, 6.07) is -0.223. The Kier molecular flexibility index (Phi) is 3.70. The largest absolute Gasteiger partial charge is 0.370 e. The molecule has 1 atom stereocenters. The molecule has 8 nitrogen and oxygen atoms in total. The van der Waals surface area contributed by atoms with E-state index >= 15 is 0 Å². The number of nitrogens with two attached hydrogens (primary N) is 1. The van der Waals surface area contributed by atoms with Crippen LogP contribution in [0, 0.1) is 10.1 Å². The van der Waals surface area contributed by atoms with Crippen molar-refractivity contribution in [1.29, 1.82) is 0 Å². The van der Waals surface area contributed by atoms with E-state index in [-0.39, 0.29) is 24.1 Å². The first-order valence-corrected chi connectivity index (χ1v) is 4.50. The minimum absolute atomic E-state index is 0.139. The fraction of sp³-hybridized carbons (Fsp3) is 0.375. The van der Waals surface area contributed by atoms with Gasteiger partial charge in [0.1, 0.15) is 12.4 Å². The van der Waals surface area contributed by atoms with Crippen LogP contribution in [0.15, 0.2) is 12.4 Å². The van der Waals surface area contributed by atoms with E-state index in [0.29, 0.717) is 0 Å². The predicted molar refractivity (Wildman–Crippen MR) is 55.6 cm³/mol. The highest BCUT2D eigenvalue weighted by Gasteiger charge is 2.09. The summed E-state index contributed by atoms with van der Waals surface area (Å²) in [6.45, 7) is 1.73. The molecule has 1 aromatic rings. The van der Waals surface area contributed by atoms with Crippen molar-refractivity contribution in [3.05, 3.63) is 22.5 Å². The zero-order valence-electron chi connectivity index (χ0n) is 8.58. The Balaban J connectivity index is 2.61. The summed E-state index contributed by atoms with van der Waals surface area (Å²) < 4.78 is 0. The van der Waals surface area contributed by atoms with Gasteiger partial charge in [-0.05, 0) is 6.92 Å². The molecule has 1 unspecified atom stereocenters. The van der Waals surface area contributed by atoms with E-state index in [0.717, 1.165) is 12.4 Å². The van der Waals surface area contributed by atoms with Gasteiger partial charge in [-0.2, -0.15) is 0 Å². The Morgan fingerprint density at radius 1 is 1.62 bits per heavy atom. The van der Waals surface area contributed by atoms with Gasteiger partial charge in [0.25, 0.3) is 0 Å². The van der Waals surface area contributed by atoms with Crippen LogP contribution in [0.25, 0.3) is 0 Å². The molecule has 3 N–H and O–H groups in total. The molecule has 0 aliphatic rings. The molecule has 0 saturated heterocycles. The van der Waals surface area contributed by atoms with Gasteiger partial charge in [0.15, 0.2) is 0 Å². The minimum Gasteiger partial charge on any atom is -0.370 e. The predicted octanol–water partition coefficient (Wildman–Crippen LogP) is 0.0606. The number of nitro groups is 1. The molecule has 1 aromatic heterocycles. The van der Waals surface area contributed by atoms with Crippen LogP contribution in [-0.2, 0) is 4.79 Å². The molecule has 0 aliphatic heterocycles. The van der Waals surface area contributed by atoms with E-state index in [9.17, 15) is 14.9 Å². The molecule has 1 amide bonds. The van der Waals surface area contributed by atoms with Crippen molar-refractivity contribution in [1.82, 2.24) is 9.97 Å². The van der Waals surface area contributed by atoms with E-state index in [1.54, 1.807) is 6.92 Å². The van der Waals surface area contributed by atoms with Crippen LogP contribution in [0.2, 0.25) is 0 Å². The van der Waals surface area contributed by atoms with Crippen LogP contribution in [0.4, 0.5) is 11.6 Å². The van der Waals surface area contributed by atoms with Crippen LogP contribution >= 0.6 is 0 Å². The maximum Gasteiger partial charge on any atom is 0.305 e. The topological polar surface area (TPSA) is 124 Å². The van der Waals surface area contributed by atoms with Gasteiger partial charge >= 0.3 is 5.69 Å². The first kappa shape index (κ1) is 11.8. The summed E-state index contributed by atoms with van der Waals surface area (Å²) in [5, 5.41) is 13.1. The molecule has 0 spiro atoms. The number of nitrogens with zero attached hydrogens (tertiary/aromatic N) is 3. The molecule has 0 radical (unpaired) electrons. The Bertz CT molecular complexity index is 391. The smallest absolute Gasteiger partial charge is 0.305 e. The maximum absolute atomic E-state index is 10.6. The average molecular weight is 225 g/mol. The van der Waals surface area contributed by atoms with Crippen molar-refractivity contribution in [2.45, 2.75) is 19.4 Å². The number of nitrogens with one attached hydrogen (secondary N) is 1. The first-order chi connectivity index (χ1) is 7.49. The van der Waals surface area contributed by atoms with Gasteiger partial charge in [0, 0.05) is 12.5 Å². The molecule has 0 saturated carbocycles. The van der Waals surface area contributed by atoms with Crippen molar-refractivity contribution in [3.63, 3.8) is 0 Å². The van der Waals surface area contributed by atoms with Gasteiger partial charge in [0.2, 0.25) is 11.9 Å². The van der Waals surface area contributed by atoms with Crippen molar-refractivity contribution >= 4 is 17.5 Å². The number of hydrogen-bond acceptors (Lipinski definition) is 6. The number of carbonyl (C=O) groups excluding carboxylic acids is 1. The van der Waals surface area contributed by atoms with Crippen LogP contribution in [0.3, 0.4) is 0 Å². The van der Waals surface area contributed by atoms with Crippen molar-refractivity contribution in [2.75, 3.05) is 5.32 Å². The normalized spacial score (nSPS) is 11.8. The second-order valence-corrected chi connectivity index (χ2v) is 3.24. The van der Waals surface area contributed by atoms with E-state index in [2.05, 4.69) is 15.3 Å². The van der Waals surface area contributed by atoms with Gasteiger partial charge in [-0.1, -0.05) is 0 Å². The molecule has 1 rings (SSSR count). The average Bonchev–Trinajstić information content (AvgIpc) is 2.16. The molecule has 8 heteroatoms. The first-order valence-electron chi connectivity index (χ1n) is 4.50. The van der Waals surface area contributed by atoms with Crippen molar-refractivity contribution in [3.8, 4) is 0 Å². The van der Waals surface area contributed by atoms with E-state index in [1.807, 2.05) is 0 Å². The zero-order valence-corrected chi connectivity index (χ0v) is 8.58. The van der Waals surface area contributed by atoms with Gasteiger partial charge in [-0.15, -0.1) is 0 Å². The van der Waals surface area contributed by atoms with E-state index in [4.69, 9.17) is 5.73 Å². The van der Waals surface area contributed by atoms with Gasteiger partial charge in [-0.25, -0.2) is 9.97 Å². The molecule has 16 heavy (non-hydrogen) atoms. The highest BCUT2D eigenvalue weighted by Crippen LogP contribution is 2.09. The van der Waals surface area contributed by atoms with Gasteiger partial charge < -0.3 is 11.1 Å². The molecular formula is C8H11N5O3. The van der Waals surface area contributed by atoms with Crippen LogP contribution in [0.5, 0.6) is 0 Å². The number of hydrogen-bond donors (Lipinski definition) is 2. The standard InChI is InChI=1S/C8H11N5O3/c1-5(2-7(9)14)12-8-10-3-6(4-11-8)13(15)16/h3-5H,2H2,1H3,(H2,9,14)(H,10,11,12). The summed E-state index contributed by atoms with van der Waals surface area (Å²) >= 11 is 0. The fourth-order valence-electron chi connectivity index (χ4n) is 1.06. The van der Waals surface area contributed by atoms with Crippen LogP contribution in [0.1, 0.15) is 13.3 Å². The highest BCUT2D eigenvalue weighted by molar-refractivity contribution is 5.74. The molecule has 0 aromatic carbocycles. The number of rotatable bonds is 5. The Morgan fingerprint density at radius 3 is 2.62 bits per heavy atom. The second kappa shape index (κ2) is 5.01. The summed E-state index contributed by atoms with van der Waals surface area (Å²) in [7, 11) is 0. The molecular weight excluding hydrogens is 214 g/mol. The Labute approximate surface area is 91.0 Å². The lowest BCUT2D eigenvalue weighted by Gasteiger charge is -2.10. The quantitative estimate of drug-likeness (QED) is 0.539. The van der Waals surface area contributed by atoms with Gasteiger partial charge in [-0.3, -0.25) is 14.9 Å². The highest BCUT2D eigenvalue weighted by atomic mass is 16.6. The number of amides is 1. The van der Waals surface area contributed by atoms with Crippen LogP contribution < -0.4 is 11.1 Å².